The first kappa shape index (κ1) is 11.8. The zero-order chi connectivity index (χ0) is 11.7. The van der Waals surface area contributed by atoms with Gasteiger partial charge >= 0.3 is 0 Å². The Morgan fingerprint density at radius 2 is 2.06 bits per heavy atom. The fourth-order valence-corrected chi connectivity index (χ4v) is 2.08. The number of hydrogen-bond donors (Lipinski definition) is 1. The van der Waals surface area contributed by atoms with Crippen molar-refractivity contribution in [1.29, 1.82) is 0 Å². The number of carbonyl (C=O) groups is 1. The molecule has 0 aromatic heterocycles. The van der Waals surface area contributed by atoms with Gasteiger partial charge in [-0.2, -0.15) is 0 Å². The fraction of sp³-hybridized carbons (Fsp3) is 0.909. The van der Waals surface area contributed by atoms with Gasteiger partial charge in [-0.25, -0.2) is 8.78 Å². The van der Waals surface area contributed by atoms with Gasteiger partial charge < -0.3 is 10.2 Å². The minimum absolute atomic E-state index is 0.0805. The highest BCUT2D eigenvalue weighted by Gasteiger charge is 2.39. The average molecular weight is 232 g/mol. The van der Waals surface area contributed by atoms with E-state index in [9.17, 15) is 13.6 Å². The van der Waals surface area contributed by atoms with Crippen molar-refractivity contribution in [2.75, 3.05) is 19.6 Å². The van der Waals surface area contributed by atoms with Gasteiger partial charge in [0.25, 0.3) is 6.43 Å². The van der Waals surface area contributed by atoms with Gasteiger partial charge in [0, 0.05) is 12.0 Å². The second-order valence-electron chi connectivity index (χ2n) is 4.82. The standard InChI is InChI=1S/C11H18F2N2O/c1-7(8-4-14-5-8)11(16)15(6-10(12)13)9-2-3-9/h7-10,14H,2-6H2,1H3. The monoisotopic (exact) mass is 232 g/mol. The Balaban J connectivity index is 1.92. The number of carbonyl (C=O) groups excluding carboxylic acids is 1. The van der Waals surface area contributed by atoms with Crippen molar-refractivity contribution in [3.05, 3.63) is 0 Å². The van der Waals surface area contributed by atoms with E-state index in [1.807, 2.05) is 6.92 Å². The molecule has 0 radical (unpaired) electrons. The summed E-state index contributed by atoms with van der Waals surface area (Å²) in [4.78, 5) is 13.5. The first-order valence-corrected chi connectivity index (χ1v) is 5.89. The lowest BCUT2D eigenvalue weighted by Crippen LogP contribution is -2.51. The molecule has 2 fully saturated rings. The van der Waals surface area contributed by atoms with Crippen LogP contribution in [0.4, 0.5) is 8.78 Å². The van der Waals surface area contributed by atoms with Crippen LogP contribution >= 0.6 is 0 Å². The van der Waals surface area contributed by atoms with Crippen molar-refractivity contribution in [3.8, 4) is 0 Å². The van der Waals surface area contributed by atoms with Gasteiger partial charge in [-0.15, -0.1) is 0 Å². The molecule has 1 saturated carbocycles. The topological polar surface area (TPSA) is 32.3 Å². The van der Waals surface area contributed by atoms with Crippen molar-refractivity contribution < 1.29 is 13.6 Å². The maximum Gasteiger partial charge on any atom is 0.255 e. The maximum atomic E-state index is 12.4. The molecule has 16 heavy (non-hydrogen) atoms. The van der Waals surface area contributed by atoms with Crippen LogP contribution in [-0.2, 0) is 4.79 Å². The summed E-state index contributed by atoms with van der Waals surface area (Å²) in [5.41, 5.74) is 0. The van der Waals surface area contributed by atoms with Crippen molar-refractivity contribution in [2.24, 2.45) is 11.8 Å². The zero-order valence-corrected chi connectivity index (χ0v) is 9.46. The van der Waals surface area contributed by atoms with Gasteiger partial charge in [-0.05, 0) is 31.8 Å². The average Bonchev–Trinajstić information content (AvgIpc) is 2.93. The minimum atomic E-state index is -2.42. The van der Waals surface area contributed by atoms with Crippen LogP contribution in [0.2, 0.25) is 0 Å². The second-order valence-corrected chi connectivity index (χ2v) is 4.82. The van der Waals surface area contributed by atoms with Gasteiger partial charge in [0.1, 0.15) is 0 Å². The molecule has 1 N–H and O–H groups in total. The predicted molar refractivity (Wildman–Crippen MR) is 56.3 cm³/mol. The zero-order valence-electron chi connectivity index (χ0n) is 9.46. The molecular weight excluding hydrogens is 214 g/mol. The molecule has 3 nitrogen and oxygen atoms in total. The van der Waals surface area contributed by atoms with Crippen molar-refractivity contribution in [2.45, 2.75) is 32.2 Å². The Morgan fingerprint density at radius 1 is 1.44 bits per heavy atom. The molecule has 0 bridgehead atoms. The quantitative estimate of drug-likeness (QED) is 0.769. The lowest BCUT2D eigenvalue weighted by Gasteiger charge is -2.35. The highest BCUT2D eigenvalue weighted by molar-refractivity contribution is 5.79. The van der Waals surface area contributed by atoms with Crippen LogP contribution in [0, 0.1) is 11.8 Å². The van der Waals surface area contributed by atoms with Gasteiger partial charge in [0.05, 0.1) is 6.54 Å². The SMILES string of the molecule is CC(C(=O)N(CC(F)F)C1CC1)C1CNC1. The summed E-state index contributed by atoms with van der Waals surface area (Å²) < 4.78 is 24.8. The van der Waals surface area contributed by atoms with Crippen LogP contribution in [0.1, 0.15) is 19.8 Å². The van der Waals surface area contributed by atoms with Crippen molar-refractivity contribution in [3.63, 3.8) is 0 Å². The number of nitrogens with one attached hydrogen (secondary N) is 1. The van der Waals surface area contributed by atoms with E-state index in [4.69, 9.17) is 0 Å². The number of rotatable bonds is 5. The van der Waals surface area contributed by atoms with E-state index in [0.29, 0.717) is 5.92 Å². The smallest absolute Gasteiger partial charge is 0.255 e. The highest BCUT2D eigenvalue weighted by atomic mass is 19.3. The molecule has 1 amide bonds. The number of nitrogens with zero attached hydrogens (tertiary/aromatic N) is 1. The molecule has 92 valence electrons. The van der Waals surface area contributed by atoms with Gasteiger partial charge in [0.15, 0.2) is 0 Å². The molecule has 1 aliphatic heterocycles. The molecule has 2 rings (SSSR count). The lowest BCUT2D eigenvalue weighted by atomic mass is 9.88. The summed E-state index contributed by atoms with van der Waals surface area (Å²) in [6.07, 6.45) is -0.654. The predicted octanol–water partition coefficient (Wildman–Crippen LogP) is 1.10. The van der Waals surface area contributed by atoms with Crippen LogP contribution in [0.5, 0.6) is 0 Å². The first-order chi connectivity index (χ1) is 7.59. The third kappa shape index (κ3) is 2.51. The van der Waals surface area contributed by atoms with Crippen LogP contribution in [0.25, 0.3) is 0 Å². The van der Waals surface area contributed by atoms with Crippen LogP contribution in [0.3, 0.4) is 0 Å². The van der Waals surface area contributed by atoms with Crippen LogP contribution in [-0.4, -0.2) is 42.9 Å². The van der Waals surface area contributed by atoms with E-state index in [1.165, 1.54) is 4.90 Å². The summed E-state index contributed by atoms with van der Waals surface area (Å²) in [5.74, 6) is 0.112. The Bertz CT molecular complexity index is 265. The molecule has 1 atom stereocenters. The molecule has 1 aliphatic carbocycles. The van der Waals surface area contributed by atoms with Crippen molar-refractivity contribution in [1.82, 2.24) is 10.2 Å². The van der Waals surface area contributed by atoms with Gasteiger partial charge in [-0.3, -0.25) is 4.79 Å². The summed E-state index contributed by atoms with van der Waals surface area (Å²) in [6, 6.07) is 0.0805. The molecule has 0 spiro atoms. The lowest BCUT2D eigenvalue weighted by molar-refractivity contribution is -0.140. The third-order valence-corrected chi connectivity index (χ3v) is 3.52. The molecule has 1 heterocycles. The highest BCUT2D eigenvalue weighted by Crippen LogP contribution is 2.30. The molecule has 0 aromatic carbocycles. The van der Waals surface area contributed by atoms with E-state index in [1.54, 1.807) is 0 Å². The summed E-state index contributed by atoms with van der Waals surface area (Å²) in [7, 11) is 0. The number of hydrogen-bond acceptors (Lipinski definition) is 2. The number of alkyl halides is 2. The van der Waals surface area contributed by atoms with Crippen molar-refractivity contribution >= 4 is 5.91 Å². The van der Waals surface area contributed by atoms with E-state index in [2.05, 4.69) is 5.32 Å². The van der Waals surface area contributed by atoms with Gasteiger partial charge in [0.2, 0.25) is 5.91 Å². The van der Waals surface area contributed by atoms with Gasteiger partial charge in [-0.1, -0.05) is 6.92 Å². The summed E-state index contributed by atoms with van der Waals surface area (Å²) in [5, 5.41) is 3.10. The molecule has 2 aliphatic rings. The van der Waals surface area contributed by atoms with Crippen LogP contribution in [0.15, 0.2) is 0 Å². The Morgan fingerprint density at radius 3 is 2.44 bits per heavy atom. The Labute approximate surface area is 94.2 Å². The Kier molecular flexibility index (Phi) is 3.42. The largest absolute Gasteiger partial charge is 0.334 e. The van der Waals surface area contributed by atoms with E-state index >= 15 is 0 Å². The maximum absolute atomic E-state index is 12.4. The Hall–Kier alpha value is -0.710. The summed E-state index contributed by atoms with van der Waals surface area (Å²) in [6.45, 7) is 3.13. The normalized spacial score (nSPS) is 23.0. The second kappa shape index (κ2) is 4.65. The molecule has 0 aromatic rings. The van der Waals surface area contributed by atoms with E-state index < -0.39 is 13.0 Å². The molecule has 1 saturated heterocycles. The minimum Gasteiger partial charge on any atom is -0.334 e. The molecule has 5 heteroatoms. The van der Waals surface area contributed by atoms with E-state index in [-0.39, 0.29) is 17.9 Å². The van der Waals surface area contributed by atoms with Crippen LogP contribution < -0.4 is 5.32 Å². The third-order valence-electron chi connectivity index (χ3n) is 3.52. The fourth-order valence-electron chi connectivity index (χ4n) is 2.08. The summed E-state index contributed by atoms with van der Waals surface area (Å²) >= 11 is 0. The first-order valence-electron chi connectivity index (χ1n) is 5.89. The molecular formula is C11H18F2N2O. The number of amides is 1. The molecule has 1 unspecified atom stereocenters. The number of halogens is 2. The van der Waals surface area contributed by atoms with E-state index in [0.717, 1.165) is 25.9 Å².